The van der Waals surface area contributed by atoms with E-state index in [4.69, 9.17) is 17.3 Å². The first-order chi connectivity index (χ1) is 11.5. The summed E-state index contributed by atoms with van der Waals surface area (Å²) < 4.78 is 3.15. The number of rotatable bonds is 4. The Morgan fingerprint density at radius 1 is 1.33 bits per heavy atom. The fourth-order valence-electron chi connectivity index (χ4n) is 2.28. The maximum Gasteiger partial charge on any atom is 0.323 e. The van der Waals surface area contributed by atoms with Crippen molar-refractivity contribution in [2.24, 2.45) is 0 Å². The van der Waals surface area contributed by atoms with Gasteiger partial charge >= 0.3 is 5.97 Å². The Morgan fingerprint density at radius 2 is 2.12 bits per heavy atom. The van der Waals surface area contributed by atoms with E-state index in [1.54, 1.807) is 6.08 Å². The molecule has 1 N–H and O–H groups in total. The summed E-state index contributed by atoms with van der Waals surface area (Å²) in [6.45, 7) is -0.422. The molecule has 5 nitrogen and oxygen atoms in total. The summed E-state index contributed by atoms with van der Waals surface area (Å²) in [5.74, 6) is -1.47. The fourth-order valence-corrected chi connectivity index (χ4v) is 3.91. The highest BCUT2D eigenvalue weighted by atomic mass is 79.9. The second kappa shape index (κ2) is 6.92. The number of carboxylic acids is 1. The van der Waals surface area contributed by atoms with Crippen LogP contribution in [0.3, 0.4) is 0 Å². The van der Waals surface area contributed by atoms with Gasteiger partial charge in [0.05, 0.1) is 4.91 Å². The number of hydrogen-bond acceptors (Lipinski definition) is 4. The Balaban J connectivity index is 1.93. The highest BCUT2D eigenvalue weighted by molar-refractivity contribution is 9.10. The molecule has 0 radical (unpaired) electrons. The van der Waals surface area contributed by atoms with Crippen molar-refractivity contribution >= 4 is 62.2 Å². The van der Waals surface area contributed by atoms with Gasteiger partial charge in [-0.2, -0.15) is 0 Å². The number of carbonyl (C=O) groups excluding carboxylic acids is 1. The summed E-state index contributed by atoms with van der Waals surface area (Å²) >= 11 is 9.66. The number of benzene rings is 1. The first kappa shape index (κ1) is 16.9. The SMILES string of the molecule is O=C(O)CN1C(=O)/C(=C\c2cccn2-c2cccc(Br)c2)SC1=S. The van der Waals surface area contributed by atoms with Crippen LogP contribution in [0.2, 0.25) is 0 Å². The molecule has 122 valence electrons. The van der Waals surface area contributed by atoms with E-state index in [9.17, 15) is 9.59 Å². The predicted octanol–water partition coefficient (Wildman–Crippen LogP) is 3.53. The van der Waals surface area contributed by atoms with Crippen LogP contribution in [-0.2, 0) is 9.59 Å². The largest absolute Gasteiger partial charge is 0.480 e. The van der Waals surface area contributed by atoms with E-state index in [2.05, 4.69) is 15.9 Å². The van der Waals surface area contributed by atoms with E-state index in [1.807, 2.05) is 47.2 Å². The predicted molar refractivity (Wildman–Crippen MR) is 101 cm³/mol. The van der Waals surface area contributed by atoms with Crippen molar-refractivity contribution in [1.82, 2.24) is 9.47 Å². The lowest BCUT2D eigenvalue weighted by Gasteiger charge is -2.10. The van der Waals surface area contributed by atoms with E-state index in [0.29, 0.717) is 4.91 Å². The molecular weight excluding hydrogens is 412 g/mol. The van der Waals surface area contributed by atoms with E-state index in [-0.39, 0.29) is 10.2 Å². The molecule has 1 saturated heterocycles. The van der Waals surface area contributed by atoms with E-state index < -0.39 is 12.5 Å². The van der Waals surface area contributed by atoms with Crippen LogP contribution in [0.25, 0.3) is 11.8 Å². The molecule has 24 heavy (non-hydrogen) atoms. The monoisotopic (exact) mass is 422 g/mol. The number of amides is 1. The normalized spacial score (nSPS) is 16.2. The third-order valence-electron chi connectivity index (χ3n) is 3.31. The Bertz CT molecular complexity index is 876. The molecule has 2 heterocycles. The molecule has 8 heteroatoms. The van der Waals surface area contributed by atoms with Crippen molar-refractivity contribution in [3.05, 3.63) is 57.7 Å². The van der Waals surface area contributed by atoms with Gasteiger partial charge in [0.1, 0.15) is 10.9 Å². The summed E-state index contributed by atoms with van der Waals surface area (Å²) in [6, 6.07) is 11.5. The van der Waals surface area contributed by atoms with Crippen molar-refractivity contribution in [3.8, 4) is 5.69 Å². The molecule has 0 aliphatic carbocycles. The van der Waals surface area contributed by atoms with Crippen molar-refractivity contribution in [3.63, 3.8) is 0 Å². The van der Waals surface area contributed by atoms with Gasteiger partial charge in [0.25, 0.3) is 5.91 Å². The van der Waals surface area contributed by atoms with Gasteiger partial charge in [-0.15, -0.1) is 0 Å². The average Bonchev–Trinajstić information content (AvgIpc) is 3.08. The van der Waals surface area contributed by atoms with Gasteiger partial charge in [-0.3, -0.25) is 14.5 Å². The smallest absolute Gasteiger partial charge is 0.323 e. The van der Waals surface area contributed by atoms with Crippen LogP contribution in [0.5, 0.6) is 0 Å². The molecular formula is C16H11BrN2O3S2. The van der Waals surface area contributed by atoms with Gasteiger partial charge in [0, 0.05) is 22.1 Å². The number of hydrogen-bond donors (Lipinski definition) is 1. The fraction of sp³-hybridized carbons (Fsp3) is 0.0625. The first-order valence-electron chi connectivity index (χ1n) is 6.86. The highest BCUT2D eigenvalue weighted by Crippen LogP contribution is 2.32. The zero-order chi connectivity index (χ0) is 17.3. The van der Waals surface area contributed by atoms with Gasteiger partial charge in [-0.1, -0.05) is 46.0 Å². The van der Waals surface area contributed by atoms with E-state index in [0.717, 1.165) is 32.5 Å². The molecule has 1 aliphatic heterocycles. The third-order valence-corrected chi connectivity index (χ3v) is 5.18. The average molecular weight is 423 g/mol. The molecule has 0 saturated carbocycles. The van der Waals surface area contributed by atoms with Crippen LogP contribution in [0.15, 0.2) is 52.0 Å². The molecule has 1 fully saturated rings. The second-order valence-electron chi connectivity index (χ2n) is 4.94. The number of carboxylic acid groups (broad SMARTS) is 1. The lowest BCUT2D eigenvalue weighted by molar-refractivity contribution is -0.140. The van der Waals surface area contributed by atoms with E-state index >= 15 is 0 Å². The zero-order valence-corrected chi connectivity index (χ0v) is 15.4. The summed E-state index contributed by atoms with van der Waals surface area (Å²) in [7, 11) is 0. The molecule has 1 aromatic carbocycles. The molecule has 2 aromatic rings. The van der Waals surface area contributed by atoms with Gasteiger partial charge < -0.3 is 9.67 Å². The molecule has 0 unspecified atom stereocenters. The minimum atomic E-state index is -1.09. The molecule has 0 bridgehead atoms. The van der Waals surface area contributed by atoms with Crippen LogP contribution in [0.1, 0.15) is 5.69 Å². The van der Waals surface area contributed by atoms with Crippen LogP contribution in [-0.4, -0.2) is 37.3 Å². The van der Waals surface area contributed by atoms with Crippen LogP contribution < -0.4 is 0 Å². The number of nitrogens with zero attached hydrogens (tertiary/aromatic N) is 2. The number of thiocarbonyl (C=S) groups is 1. The van der Waals surface area contributed by atoms with Crippen molar-refractivity contribution in [2.75, 3.05) is 6.54 Å². The molecule has 1 aromatic heterocycles. The van der Waals surface area contributed by atoms with Gasteiger partial charge in [-0.05, 0) is 36.4 Å². The van der Waals surface area contributed by atoms with Gasteiger partial charge in [-0.25, -0.2) is 0 Å². The first-order valence-corrected chi connectivity index (χ1v) is 8.88. The maximum atomic E-state index is 12.3. The summed E-state index contributed by atoms with van der Waals surface area (Å²) in [6.07, 6.45) is 3.62. The standard InChI is InChI=1S/C16H11BrN2O3S2/c17-10-3-1-4-11(7-10)18-6-2-5-12(18)8-13-15(22)19(9-14(20)21)16(23)24-13/h1-8H,9H2,(H,20,21)/b13-8+. The highest BCUT2D eigenvalue weighted by Gasteiger charge is 2.33. The van der Waals surface area contributed by atoms with Crippen LogP contribution in [0, 0.1) is 0 Å². The maximum absolute atomic E-state index is 12.3. The summed E-state index contributed by atoms with van der Waals surface area (Å²) in [5, 5.41) is 8.88. The lowest BCUT2D eigenvalue weighted by Crippen LogP contribution is -2.33. The molecule has 1 aliphatic rings. The molecule has 3 rings (SSSR count). The van der Waals surface area contributed by atoms with Crippen LogP contribution >= 0.6 is 39.9 Å². The lowest BCUT2D eigenvalue weighted by atomic mass is 10.3. The minimum Gasteiger partial charge on any atom is -0.480 e. The van der Waals surface area contributed by atoms with Gasteiger partial charge in [0.2, 0.25) is 0 Å². The number of aromatic nitrogens is 1. The topological polar surface area (TPSA) is 62.5 Å². The Labute approximate surface area is 156 Å². The Hall–Kier alpha value is -1.90. The Kier molecular flexibility index (Phi) is 4.88. The van der Waals surface area contributed by atoms with Crippen molar-refractivity contribution in [2.45, 2.75) is 0 Å². The summed E-state index contributed by atoms with van der Waals surface area (Å²) in [5.41, 5.74) is 1.76. The quantitative estimate of drug-likeness (QED) is 0.602. The molecule has 0 atom stereocenters. The third kappa shape index (κ3) is 3.45. The minimum absolute atomic E-state index is 0.259. The van der Waals surface area contributed by atoms with Crippen LogP contribution in [0.4, 0.5) is 0 Å². The van der Waals surface area contributed by atoms with E-state index in [1.165, 1.54) is 0 Å². The number of halogens is 1. The molecule has 1 amide bonds. The number of aliphatic carboxylic acids is 1. The van der Waals surface area contributed by atoms with Crippen molar-refractivity contribution in [1.29, 1.82) is 0 Å². The number of thioether (sulfide) groups is 1. The second-order valence-corrected chi connectivity index (χ2v) is 7.54. The summed E-state index contributed by atoms with van der Waals surface area (Å²) in [4.78, 5) is 24.7. The molecule has 0 spiro atoms. The zero-order valence-electron chi connectivity index (χ0n) is 12.2. The Morgan fingerprint density at radius 3 is 2.83 bits per heavy atom. The van der Waals surface area contributed by atoms with Crippen molar-refractivity contribution < 1.29 is 14.7 Å². The number of carbonyl (C=O) groups is 2. The van der Waals surface area contributed by atoms with Gasteiger partial charge in [0.15, 0.2) is 0 Å².